The summed E-state index contributed by atoms with van der Waals surface area (Å²) in [6.07, 6.45) is 10.9. The van der Waals surface area contributed by atoms with E-state index in [1.807, 2.05) is 6.07 Å². The molecule has 0 spiro atoms. The average Bonchev–Trinajstić information content (AvgIpc) is 2.69. The van der Waals surface area contributed by atoms with Crippen molar-refractivity contribution >= 4 is 5.69 Å². The molecule has 4 nitrogen and oxygen atoms in total. The molecule has 26 heavy (non-hydrogen) atoms. The summed E-state index contributed by atoms with van der Waals surface area (Å²) in [5.41, 5.74) is 1.16. The highest BCUT2D eigenvalue weighted by Gasteiger charge is 2.39. The van der Waals surface area contributed by atoms with Crippen LogP contribution in [0.1, 0.15) is 64.7 Å². The van der Waals surface area contributed by atoms with Crippen molar-refractivity contribution in [3.05, 3.63) is 30.3 Å². The molecule has 150 valence electrons. The smallest absolute Gasteiger partial charge is 0.285 e. The van der Waals surface area contributed by atoms with Crippen LogP contribution in [-0.4, -0.2) is 33.8 Å². The van der Waals surface area contributed by atoms with Gasteiger partial charge in [0.25, 0.3) is 5.97 Å². The van der Waals surface area contributed by atoms with Gasteiger partial charge in [0, 0.05) is 39.5 Å². The van der Waals surface area contributed by atoms with Crippen LogP contribution in [0.4, 0.5) is 5.69 Å². The number of rotatable bonds is 16. The Balaban J connectivity index is 2.46. The summed E-state index contributed by atoms with van der Waals surface area (Å²) >= 11 is 0. The summed E-state index contributed by atoms with van der Waals surface area (Å²) in [5, 5.41) is 3.47. The predicted octanol–water partition coefficient (Wildman–Crippen LogP) is 5.84. The molecule has 0 aromatic heterocycles. The molecule has 1 rings (SSSR count). The molecule has 0 aliphatic rings. The van der Waals surface area contributed by atoms with Crippen LogP contribution in [0.3, 0.4) is 0 Å². The zero-order chi connectivity index (χ0) is 19.1. The van der Waals surface area contributed by atoms with E-state index in [2.05, 4.69) is 36.5 Å². The van der Waals surface area contributed by atoms with Gasteiger partial charge in [0.1, 0.15) is 0 Å². The van der Waals surface area contributed by atoms with E-state index in [0.29, 0.717) is 0 Å². The summed E-state index contributed by atoms with van der Waals surface area (Å²) < 4.78 is 16.9. The van der Waals surface area contributed by atoms with Crippen molar-refractivity contribution in [1.29, 1.82) is 0 Å². The number of methoxy groups -OCH3 is 3. The summed E-state index contributed by atoms with van der Waals surface area (Å²) in [5.74, 6) is -0.706. The molecule has 0 saturated heterocycles. The van der Waals surface area contributed by atoms with E-state index in [-0.39, 0.29) is 5.92 Å². The largest absolute Gasteiger partial charge is 0.385 e. The number of benzene rings is 1. The van der Waals surface area contributed by atoms with E-state index in [9.17, 15) is 0 Å². The summed E-state index contributed by atoms with van der Waals surface area (Å²) in [6.45, 7) is 3.19. The van der Waals surface area contributed by atoms with Gasteiger partial charge >= 0.3 is 0 Å². The first-order valence-corrected chi connectivity index (χ1v) is 10.2. The topological polar surface area (TPSA) is 39.7 Å². The van der Waals surface area contributed by atoms with Crippen LogP contribution >= 0.6 is 0 Å². The van der Waals surface area contributed by atoms with E-state index in [1.54, 1.807) is 21.3 Å². The lowest BCUT2D eigenvalue weighted by Gasteiger charge is -2.36. The Morgan fingerprint density at radius 1 is 0.808 bits per heavy atom. The molecule has 1 N–H and O–H groups in total. The molecule has 0 bridgehead atoms. The molecule has 0 unspecified atom stereocenters. The molecule has 1 aromatic rings. The Kier molecular flexibility index (Phi) is 12.4. The maximum absolute atomic E-state index is 5.64. The number of hydrogen-bond acceptors (Lipinski definition) is 4. The van der Waals surface area contributed by atoms with Gasteiger partial charge in [0.2, 0.25) is 0 Å². The maximum atomic E-state index is 5.64. The average molecular weight is 366 g/mol. The van der Waals surface area contributed by atoms with Gasteiger partial charge < -0.3 is 19.5 Å². The molecule has 0 aliphatic carbocycles. The highest BCUT2D eigenvalue weighted by Crippen LogP contribution is 2.32. The Morgan fingerprint density at radius 3 is 2.00 bits per heavy atom. The van der Waals surface area contributed by atoms with E-state index in [1.165, 1.54) is 38.5 Å². The quantitative estimate of drug-likeness (QED) is 0.295. The third-order valence-corrected chi connectivity index (χ3v) is 5.09. The number of hydrogen-bond donors (Lipinski definition) is 1. The molecule has 4 heteroatoms. The predicted molar refractivity (Wildman–Crippen MR) is 109 cm³/mol. The van der Waals surface area contributed by atoms with Gasteiger partial charge in [-0.2, -0.15) is 0 Å². The van der Waals surface area contributed by atoms with E-state index < -0.39 is 5.97 Å². The lowest BCUT2D eigenvalue weighted by molar-refractivity contribution is -0.380. The Labute approximate surface area is 160 Å². The fraction of sp³-hybridized carbons (Fsp3) is 0.727. The summed E-state index contributed by atoms with van der Waals surface area (Å²) in [4.78, 5) is 0. The zero-order valence-corrected chi connectivity index (χ0v) is 17.3. The minimum Gasteiger partial charge on any atom is -0.385 e. The second-order valence-corrected chi connectivity index (χ2v) is 6.90. The van der Waals surface area contributed by atoms with Gasteiger partial charge in [-0.15, -0.1) is 0 Å². The van der Waals surface area contributed by atoms with Crippen LogP contribution in [0.25, 0.3) is 0 Å². The molecule has 0 amide bonds. The van der Waals surface area contributed by atoms with Crippen molar-refractivity contribution < 1.29 is 14.2 Å². The first-order chi connectivity index (χ1) is 12.7. The molecule has 0 fully saturated rings. The minimum atomic E-state index is -0.934. The van der Waals surface area contributed by atoms with Crippen molar-refractivity contribution in [3.63, 3.8) is 0 Å². The number of para-hydroxylation sites is 1. The highest BCUT2D eigenvalue weighted by molar-refractivity contribution is 5.42. The molecule has 1 atom stereocenters. The Morgan fingerprint density at radius 2 is 1.38 bits per heavy atom. The molecular weight excluding hydrogens is 326 g/mol. The third-order valence-electron chi connectivity index (χ3n) is 5.09. The van der Waals surface area contributed by atoms with Crippen LogP contribution in [0.15, 0.2) is 30.3 Å². The monoisotopic (exact) mass is 365 g/mol. The zero-order valence-electron chi connectivity index (χ0n) is 17.3. The summed E-state index contributed by atoms with van der Waals surface area (Å²) in [6, 6.07) is 10.3. The lowest BCUT2D eigenvalue weighted by atomic mass is 9.93. The second-order valence-electron chi connectivity index (χ2n) is 6.90. The number of nitrogens with one attached hydrogen (secondary N) is 1. The first-order valence-electron chi connectivity index (χ1n) is 10.2. The van der Waals surface area contributed by atoms with E-state index in [4.69, 9.17) is 14.2 Å². The van der Waals surface area contributed by atoms with Gasteiger partial charge in [-0.1, -0.05) is 63.6 Å². The van der Waals surface area contributed by atoms with Gasteiger partial charge in [-0.25, -0.2) is 0 Å². The van der Waals surface area contributed by atoms with E-state index >= 15 is 0 Å². The fourth-order valence-electron chi connectivity index (χ4n) is 3.56. The van der Waals surface area contributed by atoms with Gasteiger partial charge in [-0.3, -0.25) is 0 Å². The van der Waals surface area contributed by atoms with Crippen molar-refractivity contribution in [3.8, 4) is 0 Å². The van der Waals surface area contributed by atoms with Gasteiger partial charge in [-0.05, 0) is 31.4 Å². The van der Waals surface area contributed by atoms with Crippen LogP contribution < -0.4 is 5.32 Å². The van der Waals surface area contributed by atoms with Crippen LogP contribution in [0, 0.1) is 5.92 Å². The molecular formula is C22H39NO3. The fourth-order valence-corrected chi connectivity index (χ4v) is 3.56. The van der Waals surface area contributed by atoms with Crippen LogP contribution in [0.5, 0.6) is 0 Å². The summed E-state index contributed by atoms with van der Waals surface area (Å²) in [7, 11) is 5.01. The minimum absolute atomic E-state index is 0.228. The van der Waals surface area contributed by atoms with Crippen LogP contribution in [0.2, 0.25) is 0 Å². The highest BCUT2D eigenvalue weighted by atomic mass is 16.9. The molecule has 0 aliphatic heterocycles. The number of ether oxygens (including phenoxy) is 3. The standard InChI is InChI=1S/C22H39NO3/c1-5-6-7-8-9-11-15-20(22(24-2,25-3)26-4)16-14-19-23-21-17-12-10-13-18-21/h10,12-13,17-18,20,23H,5-9,11,14-16,19H2,1-4H3/t20-/m1/s1. The molecule has 1 aromatic carbocycles. The second kappa shape index (κ2) is 14.0. The molecule has 0 radical (unpaired) electrons. The number of unbranched alkanes of at least 4 members (excludes halogenated alkanes) is 5. The van der Waals surface area contributed by atoms with Crippen LogP contribution in [-0.2, 0) is 14.2 Å². The first kappa shape index (κ1) is 22.9. The maximum Gasteiger partial charge on any atom is 0.285 e. The van der Waals surface area contributed by atoms with E-state index in [0.717, 1.165) is 31.5 Å². The molecule has 0 saturated carbocycles. The number of anilines is 1. The van der Waals surface area contributed by atoms with Gasteiger partial charge in [0.15, 0.2) is 0 Å². The Hall–Kier alpha value is -1.10. The van der Waals surface area contributed by atoms with Crippen molar-refractivity contribution in [1.82, 2.24) is 0 Å². The third kappa shape index (κ3) is 8.07. The lowest BCUT2D eigenvalue weighted by Crippen LogP contribution is -2.44. The van der Waals surface area contributed by atoms with Crippen molar-refractivity contribution in [2.45, 2.75) is 70.7 Å². The SMILES string of the molecule is CCCCCCCC[C@H](CCCNc1ccccc1)C(OC)(OC)OC. The van der Waals surface area contributed by atoms with Gasteiger partial charge in [0.05, 0.1) is 0 Å². The normalized spacial score (nSPS) is 12.9. The Bertz CT molecular complexity index is 426. The van der Waals surface area contributed by atoms with Crippen molar-refractivity contribution in [2.24, 2.45) is 5.92 Å². The molecule has 0 heterocycles. The van der Waals surface area contributed by atoms with Crippen molar-refractivity contribution in [2.75, 3.05) is 33.2 Å².